The summed E-state index contributed by atoms with van der Waals surface area (Å²) in [6.45, 7) is -0.229. The molecule has 1 aromatic heterocycles. The molecule has 3 N–H and O–H groups in total. The Morgan fingerprint density at radius 3 is 2.88 bits per heavy atom. The normalized spacial score (nSPS) is 14.5. The molecule has 0 bridgehead atoms. The third kappa shape index (κ3) is 2.99. The highest BCUT2D eigenvalue weighted by Gasteiger charge is 2.22. The third-order valence-corrected chi connectivity index (χ3v) is 2.87. The topological polar surface area (TPSA) is 99.9 Å². The fourth-order valence-electron chi connectivity index (χ4n) is 1.08. The summed E-state index contributed by atoms with van der Waals surface area (Å²) in [5.74, 6) is -0.591. The summed E-state index contributed by atoms with van der Waals surface area (Å²) in [6.07, 6.45) is -2.24. The van der Waals surface area contributed by atoms with Crippen molar-refractivity contribution in [2.45, 2.75) is 18.6 Å². The fraction of sp³-hybridized carbons (Fsp3) is 0.556. The lowest BCUT2D eigenvalue weighted by atomic mass is 10.1. The predicted octanol–water partition coefficient (Wildman–Crippen LogP) is -0.294. The molecule has 0 aliphatic heterocycles. The minimum absolute atomic E-state index is 0.0499. The van der Waals surface area contributed by atoms with Gasteiger partial charge < -0.3 is 20.1 Å². The van der Waals surface area contributed by atoms with Crippen LogP contribution in [-0.4, -0.2) is 46.1 Å². The van der Waals surface area contributed by atoms with Crippen LogP contribution in [0.2, 0.25) is 0 Å². The standard InChI is InChI=1S/C9H13NO5S/c1-15-9(14)5-4-16-8(10-5)7(13)6(12)2-3-11/h4,6-7,11-13H,2-3H2,1H3. The Balaban J connectivity index is 2.73. The number of hydrogen-bond acceptors (Lipinski definition) is 7. The maximum atomic E-state index is 11.1. The van der Waals surface area contributed by atoms with Gasteiger partial charge in [0.2, 0.25) is 0 Å². The first kappa shape index (κ1) is 13.0. The van der Waals surface area contributed by atoms with Crippen LogP contribution in [0.3, 0.4) is 0 Å². The number of esters is 1. The molecule has 1 heterocycles. The highest BCUT2D eigenvalue weighted by Crippen LogP contribution is 2.22. The number of carbonyl (C=O) groups is 1. The van der Waals surface area contributed by atoms with Crippen molar-refractivity contribution in [3.63, 3.8) is 0 Å². The Bertz CT molecular complexity index is 353. The van der Waals surface area contributed by atoms with Crippen LogP contribution in [0.5, 0.6) is 0 Å². The molecular formula is C9H13NO5S. The molecule has 0 saturated carbocycles. The molecule has 2 atom stereocenters. The monoisotopic (exact) mass is 247 g/mol. The summed E-state index contributed by atoms with van der Waals surface area (Å²) in [5.41, 5.74) is 0.0951. The van der Waals surface area contributed by atoms with E-state index in [9.17, 15) is 15.0 Å². The SMILES string of the molecule is COC(=O)c1csc(C(O)C(O)CCO)n1. The van der Waals surface area contributed by atoms with Gasteiger partial charge in [-0.25, -0.2) is 9.78 Å². The Morgan fingerprint density at radius 2 is 2.31 bits per heavy atom. The van der Waals surface area contributed by atoms with Gasteiger partial charge in [0.25, 0.3) is 0 Å². The number of carbonyl (C=O) groups excluding carboxylic acids is 1. The van der Waals surface area contributed by atoms with E-state index in [0.29, 0.717) is 0 Å². The minimum atomic E-state index is -1.20. The summed E-state index contributed by atoms with van der Waals surface area (Å²) < 4.78 is 4.46. The molecule has 2 unspecified atom stereocenters. The maximum Gasteiger partial charge on any atom is 0.357 e. The maximum absolute atomic E-state index is 11.1. The molecule has 0 aliphatic carbocycles. The van der Waals surface area contributed by atoms with Gasteiger partial charge in [-0.3, -0.25) is 0 Å². The smallest absolute Gasteiger partial charge is 0.357 e. The molecule has 0 aromatic carbocycles. The molecule has 0 spiro atoms. The van der Waals surface area contributed by atoms with Crippen molar-refractivity contribution in [3.05, 3.63) is 16.1 Å². The van der Waals surface area contributed by atoms with E-state index in [-0.39, 0.29) is 23.7 Å². The zero-order valence-electron chi connectivity index (χ0n) is 8.66. The van der Waals surface area contributed by atoms with Gasteiger partial charge in [0.1, 0.15) is 11.1 Å². The second-order valence-electron chi connectivity index (χ2n) is 3.09. The number of thiazole rings is 1. The van der Waals surface area contributed by atoms with Crippen molar-refractivity contribution in [3.8, 4) is 0 Å². The second-order valence-corrected chi connectivity index (χ2v) is 3.98. The largest absolute Gasteiger partial charge is 0.464 e. The van der Waals surface area contributed by atoms with Crippen LogP contribution in [-0.2, 0) is 4.74 Å². The average Bonchev–Trinajstić information content (AvgIpc) is 2.76. The number of aliphatic hydroxyl groups excluding tert-OH is 3. The molecule has 90 valence electrons. The van der Waals surface area contributed by atoms with Gasteiger partial charge in [-0.1, -0.05) is 0 Å². The van der Waals surface area contributed by atoms with Gasteiger partial charge in [0.15, 0.2) is 5.69 Å². The van der Waals surface area contributed by atoms with Crippen molar-refractivity contribution < 1.29 is 24.9 Å². The Labute approximate surface area is 96.1 Å². The quantitative estimate of drug-likeness (QED) is 0.618. The third-order valence-electron chi connectivity index (χ3n) is 1.96. The molecule has 0 amide bonds. The molecule has 0 radical (unpaired) electrons. The van der Waals surface area contributed by atoms with E-state index in [4.69, 9.17) is 5.11 Å². The lowest BCUT2D eigenvalue weighted by Crippen LogP contribution is -2.19. The van der Waals surface area contributed by atoms with E-state index < -0.39 is 18.2 Å². The molecule has 1 rings (SSSR count). The highest BCUT2D eigenvalue weighted by molar-refractivity contribution is 7.09. The van der Waals surface area contributed by atoms with E-state index in [1.165, 1.54) is 12.5 Å². The van der Waals surface area contributed by atoms with Gasteiger partial charge in [0, 0.05) is 12.0 Å². The van der Waals surface area contributed by atoms with Crippen molar-refractivity contribution in [1.29, 1.82) is 0 Å². The Morgan fingerprint density at radius 1 is 1.62 bits per heavy atom. The van der Waals surface area contributed by atoms with E-state index in [0.717, 1.165) is 11.3 Å². The first-order chi connectivity index (χ1) is 7.60. The van der Waals surface area contributed by atoms with E-state index in [2.05, 4.69) is 9.72 Å². The van der Waals surface area contributed by atoms with Crippen LogP contribution in [0.15, 0.2) is 5.38 Å². The fourth-order valence-corrected chi connectivity index (χ4v) is 1.91. The first-order valence-electron chi connectivity index (χ1n) is 4.61. The summed E-state index contributed by atoms with van der Waals surface area (Å²) in [4.78, 5) is 14.9. The summed E-state index contributed by atoms with van der Waals surface area (Å²) in [5, 5.41) is 29.3. The predicted molar refractivity (Wildman–Crippen MR) is 56.1 cm³/mol. The van der Waals surface area contributed by atoms with Gasteiger partial charge in [-0.2, -0.15) is 0 Å². The van der Waals surface area contributed by atoms with Gasteiger partial charge >= 0.3 is 5.97 Å². The second kappa shape index (κ2) is 5.90. The van der Waals surface area contributed by atoms with Crippen molar-refractivity contribution in [2.75, 3.05) is 13.7 Å². The molecule has 0 saturated heterocycles. The number of aliphatic hydroxyl groups is 3. The average molecular weight is 247 g/mol. The number of hydrogen-bond donors (Lipinski definition) is 3. The van der Waals surface area contributed by atoms with E-state index in [1.54, 1.807) is 0 Å². The van der Waals surface area contributed by atoms with E-state index >= 15 is 0 Å². The van der Waals surface area contributed by atoms with Crippen LogP contribution in [0, 0.1) is 0 Å². The number of methoxy groups -OCH3 is 1. The molecule has 7 heteroatoms. The first-order valence-corrected chi connectivity index (χ1v) is 5.48. The van der Waals surface area contributed by atoms with Crippen molar-refractivity contribution >= 4 is 17.3 Å². The number of ether oxygens (including phenoxy) is 1. The molecular weight excluding hydrogens is 234 g/mol. The molecule has 0 aliphatic rings. The van der Waals surface area contributed by atoms with Crippen LogP contribution in [0.1, 0.15) is 28.0 Å². The molecule has 16 heavy (non-hydrogen) atoms. The Hall–Kier alpha value is -1.02. The van der Waals surface area contributed by atoms with Crippen molar-refractivity contribution in [1.82, 2.24) is 4.98 Å². The number of rotatable bonds is 5. The van der Waals surface area contributed by atoms with Crippen LogP contribution in [0.4, 0.5) is 0 Å². The molecule has 0 fully saturated rings. The van der Waals surface area contributed by atoms with Gasteiger partial charge in [-0.15, -0.1) is 11.3 Å². The molecule has 6 nitrogen and oxygen atoms in total. The van der Waals surface area contributed by atoms with Crippen LogP contribution >= 0.6 is 11.3 Å². The Kier molecular flexibility index (Phi) is 4.81. The summed E-state index contributed by atoms with van der Waals surface area (Å²) in [6, 6.07) is 0. The highest BCUT2D eigenvalue weighted by atomic mass is 32.1. The zero-order valence-corrected chi connectivity index (χ0v) is 9.48. The van der Waals surface area contributed by atoms with Gasteiger partial charge in [-0.05, 0) is 6.42 Å². The van der Waals surface area contributed by atoms with Crippen LogP contribution in [0.25, 0.3) is 0 Å². The van der Waals surface area contributed by atoms with Crippen LogP contribution < -0.4 is 0 Å². The minimum Gasteiger partial charge on any atom is -0.464 e. The summed E-state index contributed by atoms with van der Waals surface area (Å²) >= 11 is 1.05. The lowest BCUT2D eigenvalue weighted by Gasteiger charge is -2.13. The van der Waals surface area contributed by atoms with E-state index in [1.807, 2.05) is 0 Å². The zero-order chi connectivity index (χ0) is 12.1. The summed E-state index contributed by atoms with van der Waals surface area (Å²) in [7, 11) is 1.23. The van der Waals surface area contributed by atoms with Crippen molar-refractivity contribution in [2.24, 2.45) is 0 Å². The lowest BCUT2D eigenvalue weighted by molar-refractivity contribution is 0.00396. The molecule has 1 aromatic rings. The van der Waals surface area contributed by atoms with Gasteiger partial charge in [0.05, 0.1) is 13.2 Å². The number of nitrogens with zero attached hydrogens (tertiary/aromatic N) is 1. The number of aromatic nitrogens is 1.